The molecule has 176 valence electrons. The van der Waals surface area contributed by atoms with Gasteiger partial charge in [-0.15, -0.1) is 0 Å². The monoisotopic (exact) mass is 453 g/mol. The van der Waals surface area contributed by atoms with E-state index in [-0.39, 0.29) is 18.2 Å². The molecule has 2 heterocycles. The van der Waals surface area contributed by atoms with Gasteiger partial charge in [-0.3, -0.25) is 9.36 Å². The van der Waals surface area contributed by atoms with E-state index in [2.05, 4.69) is 4.98 Å². The third-order valence-electron chi connectivity index (χ3n) is 6.03. The summed E-state index contributed by atoms with van der Waals surface area (Å²) in [6, 6.07) is 8.28. The Kier molecular flexibility index (Phi) is 6.28. The van der Waals surface area contributed by atoms with E-state index in [1.165, 1.54) is 4.57 Å². The minimum atomic E-state index is -0.902. The Balaban J connectivity index is 1.68. The molecule has 0 saturated heterocycles. The maximum Gasteiger partial charge on any atom is 0.410 e. The van der Waals surface area contributed by atoms with E-state index in [0.29, 0.717) is 35.6 Å². The lowest BCUT2D eigenvalue weighted by Gasteiger charge is -2.32. The number of aryl methyl sites for hydroxylation is 1. The minimum absolute atomic E-state index is 0.0901. The van der Waals surface area contributed by atoms with Gasteiger partial charge in [0, 0.05) is 12.1 Å². The summed E-state index contributed by atoms with van der Waals surface area (Å²) < 4.78 is 12.6. The number of benzene rings is 1. The van der Waals surface area contributed by atoms with Gasteiger partial charge >= 0.3 is 12.1 Å². The Labute approximate surface area is 193 Å². The molecule has 0 spiro atoms. The summed E-state index contributed by atoms with van der Waals surface area (Å²) in [6.45, 7) is 7.71. The van der Waals surface area contributed by atoms with Gasteiger partial charge < -0.3 is 14.4 Å². The van der Waals surface area contributed by atoms with Gasteiger partial charge in [0.05, 0.1) is 12.2 Å². The van der Waals surface area contributed by atoms with Gasteiger partial charge in [-0.05, 0) is 58.9 Å². The normalized spacial score (nSPS) is 17.0. The minimum Gasteiger partial charge on any atom is -0.461 e. The van der Waals surface area contributed by atoms with E-state index in [0.717, 1.165) is 19.3 Å². The molecule has 1 fully saturated rings. The van der Waals surface area contributed by atoms with Gasteiger partial charge in [-0.25, -0.2) is 14.6 Å². The lowest BCUT2D eigenvalue weighted by molar-refractivity contribution is -0.155. The van der Waals surface area contributed by atoms with Gasteiger partial charge in [0.2, 0.25) is 0 Å². The van der Waals surface area contributed by atoms with Crippen LogP contribution in [0.1, 0.15) is 68.7 Å². The zero-order chi connectivity index (χ0) is 23.8. The molecule has 0 bridgehead atoms. The van der Waals surface area contributed by atoms with Crippen molar-refractivity contribution in [3.63, 3.8) is 0 Å². The first-order valence-corrected chi connectivity index (χ1v) is 11.5. The van der Waals surface area contributed by atoms with E-state index in [4.69, 9.17) is 9.47 Å². The van der Waals surface area contributed by atoms with Crippen LogP contribution in [0.2, 0.25) is 0 Å². The largest absolute Gasteiger partial charge is 0.461 e. The topological polar surface area (TPSA) is 90.7 Å². The standard InChI is InChI=1S/C25H31N3O5/c1-16-26-20-15-27(24(31)33-25(2,3)4)14-13-19(20)22(29)28(16)21(17-9-6-5-7-10-17)23(30)32-18-11-8-12-18/h5-7,9-10,18,21H,8,11-15H2,1-4H3. The van der Waals surface area contributed by atoms with E-state index in [1.54, 1.807) is 11.8 Å². The summed E-state index contributed by atoms with van der Waals surface area (Å²) >= 11 is 0. The van der Waals surface area contributed by atoms with Crippen LogP contribution in [-0.4, -0.2) is 44.8 Å². The lowest BCUT2D eigenvalue weighted by Crippen LogP contribution is -2.44. The van der Waals surface area contributed by atoms with Crippen molar-refractivity contribution in [3.8, 4) is 0 Å². The molecule has 1 aliphatic heterocycles. The fraction of sp³-hybridized carbons (Fsp3) is 0.520. The number of aromatic nitrogens is 2. The van der Waals surface area contributed by atoms with Gasteiger partial charge in [-0.2, -0.15) is 0 Å². The highest BCUT2D eigenvalue weighted by molar-refractivity contribution is 5.78. The molecule has 1 saturated carbocycles. The van der Waals surface area contributed by atoms with Crippen LogP contribution in [0.3, 0.4) is 0 Å². The molecular weight excluding hydrogens is 422 g/mol. The van der Waals surface area contributed by atoms with E-state index >= 15 is 0 Å². The fourth-order valence-corrected chi connectivity index (χ4v) is 4.15. The number of ether oxygens (including phenoxy) is 2. The molecule has 4 rings (SSSR count). The van der Waals surface area contributed by atoms with Gasteiger partial charge in [0.1, 0.15) is 17.5 Å². The number of fused-ring (bicyclic) bond motifs is 1. The zero-order valence-electron chi connectivity index (χ0n) is 19.7. The molecule has 2 aliphatic rings. The molecule has 8 nitrogen and oxygen atoms in total. The van der Waals surface area contributed by atoms with Crippen LogP contribution in [0, 0.1) is 6.92 Å². The van der Waals surface area contributed by atoms with Crippen molar-refractivity contribution < 1.29 is 19.1 Å². The van der Waals surface area contributed by atoms with Crippen LogP contribution in [0.5, 0.6) is 0 Å². The molecule has 1 aliphatic carbocycles. The number of carbonyl (C=O) groups is 2. The average Bonchev–Trinajstić information content (AvgIpc) is 2.72. The highest BCUT2D eigenvalue weighted by Gasteiger charge is 2.34. The van der Waals surface area contributed by atoms with Crippen molar-refractivity contribution >= 4 is 12.1 Å². The lowest BCUT2D eigenvalue weighted by atomic mass is 9.96. The first kappa shape index (κ1) is 23.0. The van der Waals surface area contributed by atoms with Gasteiger partial charge in [0.25, 0.3) is 5.56 Å². The van der Waals surface area contributed by atoms with Crippen LogP contribution < -0.4 is 5.56 Å². The second-order valence-electron chi connectivity index (χ2n) is 9.71. The van der Waals surface area contributed by atoms with Gasteiger partial charge in [-0.1, -0.05) is 30.3 Å². The third-order valence-corrected chi connectivity index (χ3v) is 6.03. The van der Waals surface area contributed by atoms with Crippen LogP contribution in [0.15, 0.2) is 35.1 Å². The molecule has 1 aromatic carbocycles. The maximum atomic E-state index is 13.6. The number of nitrogens with zero attached hydrogens (tertiary/aromatic N) is 3. The highest BCUT2D eigenvalue weighted by atomic mass is 16.6. The number of carbonyl (C=O) groups excluding carboxylic acids is 2. The van der Waals surface area contributed by atoms with Crippen LogP contribution in [0.25, 0.3) is 0 Å². The Morgan fingerprint density at radius 1 is 1.15 bits per heavy atom. The first-order valence-electron chi connectivity index (χ1n) is 11.5. The summed E-state index contributed by atoms with van der Waals surface area (Å²) in [5.74, 6) is -0.0340. The van der Waals surface area contributed by atoms with Crippen molar-refractivity contribution in [3.05, 3.63) is 63.3 Å². The van der Waals surface area contributed by atoms with Crippen molar-refractivity contribution in [1.29, 1.82) is 0 Å². The Hall–Kier alpha value is -3.16. The van der Waals surface area contributed by atoms with Crippen LogP contribution in [0.4, 0.5) is 4.79 Å². The number of esters is 1. The number of rotatable bonds is 4. The molecule has 1 unspecified atom stereocenters. The Morgan fingerprint density at radius 2 is 1.85 bits per heavy atom. The van der Waals surface area contributed by atoms with Crippen molar-refractivity contribution in [2.75, 3.05) is 6.54 Å². The summed E-state index contributed by atoms with van der Waals surface area (Å²) in [5, 5.41) is 0. The predicted octanol–water partition coefficient (Wildman–Crippen LogP) is 3.53. The second kappa shape index (κ2) is 9.00. The Bertz CT molecular complexity index is 1100. The average molecular weight is 454 g/mol. The molecular formula is C25H31N3O5. The molecule has 2 aromatic rings. The van der Waals surface area contributed by atoms with E-state index < -0.39 is 23.7 Å². The SMILES string of the molecule is Cc1nc2c(c(=O)n1C(C(=O)OC1CCC1)c1ccccc1)CCN(C(=O)OC(C)(C)C)C2. The Morgan fingerprint density at radius 3 is 2.45 bits per heavy atom. The summed E-state index contributed by atoms with van der Waals surface area (Å²) in [7, 11) is 0. The highest BCUT2D eigenvalue weighted by Crippen LogP contribution is 2.27. The number of amides is 1. The molecule has 1 amide bonds. The second-order valence-corrected chi connectivity index (χ2v) is 9.71. The fourth-order valence-electron chi connectivity index (χ4n) is 4.15. The van der Waals surface area contributed by atoms with E-state index in [9.17, 15) is 14.4 Å². The quantitative estimate of drug-likeness (QED) is 0.658. The summed E-state index contributed by atoms with van der Waals surface area (Å²) in [6.07, 6.45) is 2.57. The van der Waals surface area contributed by atoms with Crippen molar-refractivity contribution in [1.82, 2.24) is 14.5 Å². The summed E-state index contributed by atoms with van der Waals surface area (Å²) in [4.78, 5) is 45.5. The van der Waals surface area contributed by atoms with Crippen LogP contribution in [-0.2, 0) is 27.2 Å². The molecule has 1 aromatic heterocycles. The van der Waals surface area contributed by atoms with Crippen LogP contribution >= 0.6 is 0 Å². The molecule has 0 radical (unpaired) electrons. The zero-order valence-corrected chi connectivity index (χ0v) is 19.7. The van der Waals surface area contributed by atoms with Gasteiger partial charge in [0.15, 0.2) is 6.04 Å². The van der Waals surface area contributed by atoms with Crippen molar-refractivity contribution in [2.24, 2.45) is 0 Å². The molecule has 1 atom stereocenters. The van der Waals surface area contributed by atoms with Crippen molar-refractivity contribution in [2.45, 2.75) is 77.7 Å². The first-order chi connectivity index (χ1) is 15.6. The molecule has 8 heteroatoms. The predicted molar refractivity (Wildman–Crippen MR) is 122 cm³/mol. The number of hydrogen-bond acceptors (Lipinski definition) is 6. The molecule has 0 N–H and O–H groups in total. The molecule has 33 heavy (non-hydrogen) atoms. The smallest absolute Gasteiger partial charge is 0.410 e. The maximum absolute atomic E-state index is 13.6. The summed E-state index contributed by atoms with van der Waals surface area (Å²) in [5.41, 5.74) is 0.886. The third kappa shape index (κ3) is 4.94. The number of hydrogen-bond donors (Lipinski definition) is 0. The van der Waals surface area contributed by atoms with E-state index in [1.807, 2.05) is 51.1 Å².